The zero-order chi connectivity index (χ0) is 21.8. The highest BCUT2D eigenvalue weighted by Crippen LogP contribution is 2.28. The van der Waals surface area contributed by atoms with E-state index in [1.807, 2.05) is 0 Å². The van der Waals surface area contributed by atoms with Crippen molar-refractivity contribution in [1.29, 1.82) is 0 Å². The van der Waals surface area contributed by atoms with Crippen molar-refractivity contribution in [3.05, 3.63) is 23.9 Å². The van der Waals surface area contributed by atoms with Crippen LogP contribution in [0.25, 0.3) is 0 Å². The molecular formula is C20H33F3IN5O2. The van der Waals surface area contributed by atoms with Gasteiger partial charge in [0.1, 0.15) is 5.82 Å². The Morgan fingerprint density at radius 3 is 2.52 bits per heavy atom. The number of hydrogen-bond donors (Lipinski definition) is 2. The van der Waals surface area contributed by atoms with Crippen LogP contribution in [0.4, 0.5) is 19.0 Å². The summed E-state index contributed by atoms with van der Waals surface area (Å²) in [6, 6.07) is 2.37. The normalized spacial score (nSPS) is 15.5. The minimum atomic E-state index is -4.37. The van der Waals surface area contributed by atoms with E-state index >= 15 is 0 Å². The van der Waals surface area contributed by atoms with Gasteiger partial charge >= 0.3 is 6.18 Å². The number of ether oxygens (including phenoxy) is 2. The Hall–Kier alpha value is -1.34. The van der Waals surface area contributed by atoms with Crippen molar-refractivity contribution >= 4 is 35.8 Å². The van der Waals surface area contributed by atoms with Crippen molar-refractivity contribution in [2.45, 2.75) is 38.0 Å². The second kappa shape index (κ2) is 14.7. The van der Waals surface area contributed by atoms with E-state index < -0.39 is 11.7 Å². The van der Waals surface area contributed by atoms with Gasteiger partial charge in [-0.3, -0.25) is 4.99 Å². The van der Waals surface area contributed by atoms with Crippen LogP contribution in [0.2, 0.25) is 0 Å². The summed E-state index contributed by atoms with van der Waals surface area (Å²) in [5.41, 5.74) is -0.748. The lowest BCUT2D eigenvalue weighted by Crippen LogP contribution is -2.47. The zero-order valence-corrected chi connectivity index (χ0v) is 20.4. The van der Waals surface area contributed by atoms with Crippen LogP contribution >= 0.6 is 24.0 Å². The number of guanidine groups is 1. The lowest BCUT2D eigenvalue weighted by molar-refractivity contribution is -0.137. The highest BCUT2D eigenvalue weighted by molar-refractivity contribution is 14.0. The number of pyridine rings is 1. The molecule has 1 aromatic heterocycles. The molecule has 0 bridgehead atoms. The maximum Gasteiger partial charge on any atom is 0.417 e. The Morgan fingerprint density at radius 1 is 1.19 bits per heavy atom. The number of alkyl halides is 3. The number of hydrogen-bond acceptors (Lipinski definition) is 5. The maximum atomic E-state index is 12.5. The summed E-state index contributed by atoms with van der Waals surface area (Å²) in [5.74, 6) is 1.29. The van der Waals surface area contributed by atoms with Crippen molar-refractivity contribution in [3.8, 4) is 0 Å². The van der Waals surface area contributed by atoms with Gasteiger partial charge in [-0.1, -0.05) is 0 Å². The minimum Gasteiger partial charge on any atom is -0.385 e. The number of methoxy groups -OCH3 is 1. The van der Waals surface area contributed by atoms with Crippen LogP contribution < -0.4 is 10.6 Å². The number of halogens is 4. The largest absolute Gasteiger partial charge is 0.417 e. The first-order chi connectivity index (χ1) is 14.4. The first kappa shape index (κ1) is 27.7. The van der Waals surface area contributed by atoms with Crippen LogP contribution in [0.1, 0.15) is 31.2 Å². The molecule has 1 saturated heterocycles. The summed E-state index contributed by atoms with van der Waals surface area (Å²) in [4.78, 5) is 10.4. The number of likely N-dealkylation sites (tertiary alicyclic amines) is 1. The molecule has 0 unspecified atom stereocenters. The fourth-order valence-corrected chi connectivity index (χ4v) is 3.19. The van der Waals surface area contributed by atoms with E-state index in [9.17, 15) is 13.2 Å². The lowest BCUT2D eigenvalue weighted by atomic mass is 10.1. The standard InChI is InChI=1S/C20H32F3N5O2.HI/c1-24-19(28-11-7-17(8-12-28)30-14-4-13-29-2)26-10-3-9-25-18-6-5-16(15-27-18)20(21,22)23;/h5-6,15,17H,3-4,7-14H2,1-2H3,(H,24,26)(H,25,27);1H. The average Bonchev–Trinajstić information content (AvgIpc) is 2.74. The van der Waals surface area contributed by atoms with Crippen molar-refractivity contribution in [1.82, 2.24) is 15.2 Å². The second-order valence-electron chi connectivity index (χ2n) is 7.09. The molecule has 0 aromatic carbocycles. The molecule has 0 saturated carbocycles. The number of nitrogens with one attached hydrogen (secondary N) is 2. The molecule has 0 aliphatic carbocycles. The molecule has 0 atom stereocenters. The van der Waals surface area contributed by atoms with E-state index in [4.69, 9.17) is 9.47 Å². The van der Waals surface area contributed by atoms with Gasteiger partial charge in [0.15, 0.2) is 5.96 Å². The number of aromatic nitrogens is 1. The summed E-state index contributed by atoms with van der Waals surface area (Å²) in [5, 5.41) is 6.37. The molecule has 1 aliphatic heterocycles. The van der Waals surface area contributed by atoms with Gasteiger partial charge in [-0.2, -0.15) is 13.2 Å². The van der Waals surface area contributed by atoms with Gasteiger partial charge in [0.05, 0.1) is 11.7 Å². The van der Waals surface area contributed by atoms with Crippen LogP contribution in [0.5, 0.6) is 0 Å². The number of anilines is 1. The van der Waals surface area contributed by atoms with E-state index in [0.29, 0.717) is 18.9 Å². The van der Waals surface area contributed by atoms with Crippen LogP contribution in [0.3, 0.4) is 0 Å². The molecule has 0 amide bonds. The van der Waals surface area contributed by atoms with Crippen molar-refractivity contribution in [3.63, 3.8) is 0 Å². The molecular weight excluding hydrogens is 526 g/mol. The number of rotatable bonds is 10. The Morgan fingerprint density at radius 2 is 1.94 bits per heavy atom. The molecule has 1 fully saturated rings. The van der Waals surface area contributed by atoms with Gasteiger partial charge in [-0.05, 0) is 37.8 Å². The summed E-state index contributed by atoms with van der Waals surface area (Å²) in [7, 11) is 3.46. The lowest BCUT2D eigenvalue weighted by Gasteiger charge is -2.34. The third-order valence-corrected chi connectivity index (χ3v) is 4.83. The Balaban J connectivity index is 0.00000480. The molecule has 2 heterocycles. The van der Waals surface area contributed by atoms with Crippen molar-refractivity contribution in [2.24, 2.45) is 4.99 Å². The van der Waals surface area contributed by atoms with Crippen LogP contribution in [-0.4, -0.2) is 75.5 Å². The topological polar surface area (TPSA) is 71.0 Å². The van der Waals surface area contributed by atoms with Gasteiger partial charge in [0, 0.05) is 59.7 Å². The Kier molecular flexibility index (Phi) is 13.1. The van der Waals surface area contributed by atoms with Crippen molar-refractivity contribution in [2.75, 3.05) is 58.9 Å². The molecule has 2 rings (SSSR count). The summed E-state index contributed by atoms with van der Waals surface area (Å²) in [6.07, 6.45) is 0.389. The molecule has 11 heteroatoms. The molecule has 1 aromatic rings. The third-order valence-electron chi connectivity index (χ3n) is 4.83. The zero-order valence-electron chi connectivity index (χ0n) is 18.1. The number of nitrogens with zero attached hydrogens (tertiary/aromatic N) is 3. The third kappa shape index (κ3) is 10.2. The van der Waals surface area contributed by atoms with Crippen molar-refractivity contribution < 1.29 is 22.6 Å². The van der Waals surface area contributed by atoms with E-state index in [1.54, 1.807) is 14.2 Å². The quantitative estimate of drug-likeness (QED) is 0.198. The van der Waals surface area contributed by atoms with Gasteiger partial charge in [-0.25, -0.2) is 4.98 Å². The highest BCUT2D eigenvalue weighted by Gasteiger charge is 2.30. The van der Waals surface area contributed by atoms with Gasteiger partial charge < -0.3 is 25.0 Å². The monoisotopic (exact) mass is 559 g/mol. The molecule has 31 heavy (non-hydrogen) atoms. The molecule has 2 N–H and O–H groups in total. The highest BCUT2D eigenvalue weighted by atomic mass is 127. The molecule has 178 valence electrons. The van der Waals surface area contributed by atoms with E-state index in [2.05, 4.69) is 25.5 Å². The summed E-state index contributed by atoms with van der Waals surface area (Å²) in [6.45, 7) is 4.53. The fourth-order valence-electron chi connectivity index (χ4n) is 3.19. The van der Waals surface area contributed by atoms with Crippen LogP contribution in [-0.2, 0) is 15.7 Å². The molecule has 7 nitrogen and oxygen atoms in total. The molecule has 0 spiro atoms. The predicted molar refractivity (Wildman–Crippen MR) is 126 cm³/mol. The smallest absolute Gasteiger partial charge is 0.385 e. The first-order valence-electron chi connectivity index (χ1n) is 10.3. The van der Waals surface area contributed by atoms with Gasteiger partial charge in [0.25, 0.3) is 0 Å². The van der Waals surface area contributed by atoms with E-state index in [1.165, 1.54) is 6.07 Å². The SMILES string of the molecule is CN=C(NCCCNc1ccc(C(F)(F)F)cn1)N1CCC(OCCCOC)CC1.I. The predicted octanol–water partition coefficient (Wildman–Crippen LogP) is 3.61. The molecule has 0 radical (unpaired) electrons. The number of piperidine rings is 1. The fraction of sp³-hybridized carbons (Fsp3) is 0.700. The number of aliphatic imine (C=N–C) groups is 1. The summed E-state index contributed by atoms with van der Waals surface area (Å²) >= 11 is 0. The summed E-state index contributed by atoms with van der Waals surface area (Å²) < 4.78 is 48.5. The van der Waals surface area contributed by atoms with Crippen LogP contribution in [0, 0.1) is 0 Å². The second-order valence-corrected chi connectivity index (χ2v) is 7.09. The van der Waals surface area contributed by atoms with Gasteiger partial charge in [0.2, 0.25) is 0 Å². The van der Waals surface area contributed by atoms with E-state index in [-0.39, 0.29) is 30.1 Å². The average molecular weight is 559 g/mol. The van der Waals surface area contributed by atoms with E-state index in [0.717, 1.165) is 70.2 Å². The Labute approximate surface area is 199 Å². The van der Waals surface area contributed by atoms with Crippen LogP contribution in [0.15, 0.2) is 23.3 Å². The maximum absolute atomic E-state index is 12.5. The molecule has 1 aliphatic rings. The minimum absolute atomic E-state index is 0. The first-order valence-corrected chi connectivity index (χ1v) is 10.3. The van der Waals surface area contributed by atoms with Gasteiger partial charge in [-0.15, -0.1) is 24.0 Å². The Bertz CT molecular complexity index is 639.